The number of piperidine rings is 1. The zero-order chi connectivity index (χ0) is 23.6. The van der Waals surface area contributed by atoms with Crippen LogP contribution in [0.3, 0.4) is 0 Å². The molecule has 2 N–H and O–H groups in total. The van der Waals surface area contributed by atoms with Crippen LogP contribution in [0.15, 0.2) is 72.8 Å². The van der Waals surface area contributed by atoms with E-state index in [0.717, 1.165) is 26.1 Å². The second kappa shape index (κ2) is 11.9. The molecule has 2 aromatic carbocycles. The minimum Gasteiger partial charge on any atom is -0.478 e. The molecule has 1 aliphatic rings. The molecular formula is C27H30N2O4. The van der Waals surface area contributed by atoms with E-state index in [4.69, 9.17) is 15.2 Å². The number of benzene rings is 2. The average molecular weight is 447 g/mol. The van der Waals surface area contributed by atoms with Crippen LogP contribution < -0.4 is 0 Å². The van der Waals surface area contributed by atoms with Crippen LogP contribution in [0.25, 0.3) is 10.8 Å². The highest BCUT2D eigenvalue weighted by Gasteiger charge is 2.22. The van der Waals surface area contributed by atoms with Crippen molar-refractivity contribution in [3.05, 3.63) is 89.8 Å². The first-order valence-corrected chi connectivity index (χ1v) is 11.2. The number of nitrogens with zero attached hydrogens (tertiary/aromatic N) is 2. The smallest absolute Gasteiger partial charge is 0.328 e. The van der Waals surface area contributed by atoms with Crippen LogP contribution in [-0.4, -0.2) is 45.1 Å². The number of likely N-dealkylation sites (tertiary alicyclic amines) is 1. The van der Waals surface area contributed by atoms with Gasteiger partial charge in [-0.2, -0.15) is 0 Å². The molecular weight excluding hydrogens is 416 g/mol. The second-order valence-corrected chi connectivity index (χ2v) is 8.11. The topological polar surface area (TPSA) is 90.7 Å². The minimum atomic E-state index is -1.26. The maximum Gasteiger partial charge on any atom is 0.328 e. The lowest BCUT2D eigenvalue weighted by Crippen LogP contribution is -2.32. The van der Waals surface area contributed by atoms with Crippen molar-refractivity contribution in [1.82, 2.24) is 9.88 Å². The van der Waals surface area contributed by atoms with Gasteiger partial charge in [-0.15, -0.1) is 0 Å². The summed E-state index contributed by atoms with van der Waals surface area (Å²) in [5.74, 6) is -1.92. The average Bonchev–Trinajstić information content (AvgIpc) is 2.83. The highest BCUT2D eigenvalue weighted by atomic mass is 16.4. The van der Waals surface area contributed by atoms with Gasteiger partial charge in [-0.05, 0) is 49.4 Å². The van der Waals surface area contributed by atoms with Gasteiger partial charge >= 0.3 is 11.9 Å². The Morgan fingerprint density at radius 1 is 0.970 bits per heavy atom. The van der Waals surface area contributed by atoms with Crippen LogP contribution in [0.1, 0.15) is 42.6 Å². The van der Waals surface area contributed by atoms with Gasteiger partial charge in [0, 0.05) is 41.4 Å². The summed E-state index contributed by atoms with van der Waals surface area (Å²) in [5, 5.41) is 18.3. The summed E-state index contributed by atoms with van der Waals surface area (Å²) >= 11 is 0. The lowest BCUT2D eigenvalue weighted by atomic mass is 9.91. The molecule has 6 nitrogen and oxygen atoms in total. The van der Waals surface area contributed by atoms with Crippen molar-refractivity contribution in [3.8, 4) is 0 Å². The Morgan fingerprint density at radius 3 is 2.18 bits per heavy atom. The molecule has 0 aliphatic carbocycles. The van der Waals surface area contributed by atoms with E-state index in [0.29, 0.717) is 18.1 Å². The van der Waals surface area contributed by atoms with Crippen molar-refractivity contribution in [2.24, 2.45) is 0 Å². The Hall–Kier alpha value is -3.51. The van der Waals surface area contributed by atoms with Crippen LogP contribution in [0.2, 0.25) is 0 Å². The zero-order valence-electron chi connectivity index (χ0n) is 18.9. The number of hydrogen-bond donors (Lipinski definition) is 2. The molecule has 0 radical (unpaired) electrons. The SMILES string of the molecule is CCc1nc(C2CCN(Cc3ccccc3)CC2)cc2ccccc12.O=C(O)C=CC(=O)O. The molecule has 0 saturated carbocycles. The van der Waals surface area contributed by atoms with Crippen molar-refractivity contribution in [2.75, 3.05) is 13.1 Å². The lowest BCUT2D eigenvalue weighted by molar-refractivity contribution is -0.134. The zero-order valence-corrected chi connectivity index (χ0v) is 18.9. The predicted octanol–water partition coefficient (Wildman–Crippen LogP) is 4.89. The van der Waals surface area contributed by atoms with Gasteiger partial charge in [0.2, 0.25) is 0 Å². The molecule has 1 aliphatic heterocycles. The normalized spacial score (nSPS) is 14.7. The van der Waals surface area contributed by atoms with E-state index in [2.05, 4.69) is 72.5 Å². The number of aromatic nitrogens is 1. The third kappa shape index (κ3) is 7.26. The van der Waals surface area contributed by atoms with E-state index in [1.807, 2.05) is 0 Å². The second-order valence-electron chi connectivity index (χ2n) is 8.11. The van der Waals surface area contributed by atoms with E-state index < -0.39 is 11.9 Å². The van der Waals surface area contributed by atoms with Crippen molar-refractivity contribution in [2.45, 2.75) is 38.6 Å². The molecule has 1 saturated heterocycles. The summed E-state index contributed by atoms with van der Waals surface area (Å²) in [6.45, 7) is 5.60. The van der Waals surface area contributed by atoms with Crippen molar-refractivity contribution in [1.29, 1.82) is 0 Å². The molecule has 0 unspecified atom stereocenters. The molecule has 4 rings (SSSR count). The maximum absolute atomic E-state index is 9.55. The number of carboxylic acids is 2. The Balaban J connectivity index is 0.000000331. The number of rotatable bonds is 6. The molecule has 1 aromatic heterocycles. The quantitative estimate of drug-likeness (QED) is 0.524. The van der Waals surface area contributed by atoms with E-state index in [-0.39, 0.29) is 0 Å². The maximum atomic E-state index is 9.55. The number of aryl methyl sites for hydroxylation is 1. The number of fused-ring (bicyclic) bond motifs is 1. The number of carboxylic acid groups (broad SMARTS) is 2. The number of pyridine rings is 1. The van der Waals surface area contributed by atoms with Gasteiger partial charge in [-0.1, -0.05) is 61.5 Å². The molecule has 0 atom stereocenters. The first kappa shape index (κ1) is 24.1. The first-order chi connectivity index (χ1) is 16.0. The van der Waals surface area contributed by atoms with E-state index in [1.54, 1.807) is 0 Å². The van der Waals surface area contributed by atoms with Gasteiger partial charge in [0.05, 0.1) is 0 Å². The fourth-order valence-corrected chi connectivity index (χ4v) is 4.14. The fourth-order valence-electron chi connectivity index (χ4n) is 4.14. The summed E-state index contributed by atoms with van der Waals surface area (Å²) in [6, 6.07) is 21.8. The first-order valence-electron chi connectivity index (χ1n) is 11.2. The summed E-state index contributed by atoms with van der Waals surface area (Å²) in [5.41, 5.74) is 3.97. The van der Waals surface area contributed by atoms with Gasteiger partial charge < -0.3 is 10.2 Å². The predicted molar refractivity (Wildman–Crippen MR) is 129 cm³/mol. The summed E-state index contributed by atoms with van der Waals surface area (Å²) in [7, 11) is 0. The van der Waals surface area contributed by atoms with Gasteiger partial charge in [0.25, 0.3) is 0 Å². The summed E-state index contributed by atoms with van der Waals surface area (Å²) in [4.78, 5) is 26.7. The third-order valence-corrected chi connectivity index (χ3v) is 5.80. The number of carbonyl (C=O) groups is 2. The molecule has 1 fully saturated rings. The molecule has 0 spiro atoms. The van der Waals surface area contributed by atoms with E-state index >= 15 is 0 Å². The lowest BCUT2D eigenvalue weighted by Gasteiger charge is -2.32. The highest BCUT2D eigenvalue weighted by molar-refractivity contribution is 5.89. The van der Waals surface area contributed by atoms with Gasteiger partial charge in [0.1, 0.15) is 0 Å². The third-order valence-electron chi connectivity index (χ3n) is 5.80. The van der Waals surface area contributed by atoms with Gasteiger partial charge in [0.15, 0.2) is 0 Å². The van der Waals surface area contributed by atoms with Crippen molar-refractivity contribution in [3.63, 3.8) is 0 Å². The molecule has 6 heteroatoms. The number of hydrogen-bond acceptors (Lipinski definition) is 4. The Morgan fingerprint density at radius 2 is 1.58 bits per heavy atom. The molecule has 172 valence electrons. The van der Waals surface area contributed by atoms with Gasteiger partial charge in [-0.3, -0.25) is 9.88 Å². The van der Waals surface area contributed by atoms with Gasteiger partial charge in [-0.25, -0.2) is 9.59 Å². The van der Waals surface area contributed by atoms with Crippen LogP contribution >= 0.6 is 0 Å². The molecule has 0 amide bonds. The Bertz CT molecular complexity index is 1090. The standard InChI is InChI=1S/C23H26N2.C4H4O4/c1-2-22-21-11-7-6-10-20(21)16-23(24-22)19-12-14-25(15-13-19)17-18-8-4-3-5-9-18;5-3(6)1-2-4(7)8/h3-11,16,19H,2,12-15,17H2,1H3;1-2H,(H,5,6)(H,7,8). The van der Waals surface area contributed by atoms with Crippen molar-refractivity contribution >= 4 is 22.7 Å². The molecule has 33 heavy (non-hydrogen) atoms. The summed E-state index contributed by atoms with van der Waals surface area (Å²) < 4.78 is 0. The van der Waals surface area contributed by atoms with Crippen LogP contribution in [-0.2, 0) is 22.6 Å². The number of aliphatic carboxylic acids is 2. The van der Waals surface area contributed by atoms with Crippen LogP contribution in [0.4, 0.5) is 0 Å². The van der Waals surface area contributed by atoms with Crippen LogP contribution in [0, 0.1) is 0 Å². The summed E-state index contributed by atoms with van der Waals surface area (Å²) in [6.07, 6.45) is 4.54. The Labute approximate surface area is 194 Å². The van der Waals surface area contributed by atoms with E-state index in [1.165, 1.54) is 40.6 Å². The Kier molecular flexibility index (Phi) is 8.72. The minimum absolute atomic E-state index is 0.558. The highest BCUT2D eigenvalue weighted by Crippen LogP contribution is 2.30. The van der Waals surface area contributed by atoms with Crippen molar-refractivity contribution < 1.29 is 19.8 Å². The fraction of sp³-hybridized carbons (Fsp3) is 0.296. The van der Waals surface area contributed by atoms with E-state index in [9.17, 15) is 9.59 Å². The largest absolute Gasteiger partial charge is 0.478 e. The van der Waals surface area contributed by atoms with Crippen LogP contribution in [0.5, 0.6) is 0 Å². The molecule has 2 heterocycles. The molecule has 0 bridgehead atoms. The monoisotopic (exact) mass is 446 g/mol. The molecule has 3 aromatic rings.